The van der Waals surface area contributed by atoms with E-state index in [0.717, 1.165) is 5.69 Å². The topological polar surface area (TPSA) is 47.6 Å². The first kappa shape index (κ1) is 14.0. The number of rotatable bonds is 6. The van der Waals surface area contributed by atoms with E-state index < -0.39 is 13.4 Å². The number of para-hydroxylation sites is 1. The zero-order valence-electron chi connectivity index (χ0n) is 10.3. The molecule has 1 unspecified atom stereocenters. The summed E-state index contributed by atoms with van der Waals surface area (Å²) in [4.78, 5) is 0. The van der Waals surface area contributed by atoms with E-state index in [9.17, 15) is 4.57 Å². The molecule has 0 saturated carbocycles. The molecule has 1 aromatic rings. The van der Waals surface area contributed by atoms with E-state index in [4.69, 9.17) is 9.05 Å². The first-order valence-electron chi connectivity index (χ1n) is 5.32. The van der Waals surface area contributed by atoms with Crippen LogP contribution in [0.15, 0.2) is 42.5 Å². The lowest BCUT2D eigenvalue weighted by molar-refractivity contribution is 0.272. The Balaban J connectivity index is 2.91. The minimum atomic E-state index is -3.17. The van der Waals surface area contributed by atoms with Gasteiger partial charge in [-0.05, 0) is 19.1 Å². The van der Waals surface area contributed by atoms with E-state index in [0.29, 0.717) is 0 Å². The number of nitrogens with one attached hydrogen (secondary N) is 1. The summed E-state index contributed by atoms with van der Waals surface area (Å²) in [5.74, 6) is -0.495. The van der Waals surface area contributed by atoms with Crippen LogP contribution < -0.4 is 5.32 Å². The van der Waals surface area contributed by atoms with Crippen LogP contribution in [0.25, 0.3) is 0 Å². The third-order valence-electron chi connectivity index (χ3n) is 2.31. The highest BCUT2D eigenvalue weighted by molar-refractivity contribution is 7.55. The van der Waals surface area contributed by atoms with Crippen molar-refractivity contribution in [3.8, 4) is 0 Å². The Kier molecular flexibility index (Phi) is 5.42. The molecule has 0 radical (unpaired) electrons. The first-order chi connectivity index (χ1) is 8.16. The highest BCUT2D eigenvalue weighted by atomic mass is 31.2. The molecule has 0 aliphatic heterocycles. The van der Waals surface area contributed by atoms with Crippen LogP contribution in [0.3, 0.4) is 0 Å². The summed E-state index contributed by atoms with van der Waals surface area (Å²) in [6.45, 7) is 1.86. The van der Waals surface area contributed by atoms with Crippen LogP contribution in [-0.4, -0.2) is 20.0 Å². The maximum atomic E-state index is 12.3. The maximum absolute atomic E-state index is 12.3. The Morgan fingerprint density at radius 1 is 1.24 bits per heavy atom. The fourth-order valence-corrected chi connectivity index (χ4v) is 2.72. The standard InChI is InChI=1S/C12H18NO3P/c1-4-8-12(17(14,15-2)16-3)13-11-9-6-5-7-10-11/h4-10,12-13H,1-3H3/b8-4+. The van der Waals surface area contributed by atoms with Crippen LogP contribution in [-0.2, 0) is 13.6 Å². The summed E-state index contributed by atoms with van der Waals surface area (Å²) < 4.78 is 22.3. The molecule has 94 valence electrons. The monoisotopic (exact) mass is 255 g/mol. The second kappa shape index (κ2) is 6.60. The fraction of sp³-hybridized carbons (Fsp3) is 0.333. The lowest BCUT2D eigenvalue weighted by atomic mass is 10.3. The maximum Gasteiger partial charge on any atom is 0.356 e. The molecule has 4 nitrogen and oxygen atoms in total. The minimum absolute atomic E-state index is 0.495. The molecule has 0 aliphatic carbocycles. The lowest BCUT2D eigenvalue weighted by Gasteiger charge is -2.23. The van der Waals surface area contributed by atoms with Gasteiger partial charge in [-0.15, -0.1) is 0 Å². The second-order valence-electron chi connectivity index (χ2n) is 3.39. The number of anilines is 1. The van der Waals surface area contributed by atoms with Crippen LogP contribution in [0.2, 0.25) is 0 Å². The molecule has 0 aromatic heterocycles. The van der Waals surface area contributed by atoms with Gasteiger partial charge in [-0.3, -0.25) is 4.57 Å². The molecule has 17 heavy (non-hydrogen) atoms. The summed E-state index contributed by atoms with van der Waals surface area (Å²) >= 11 is 0. The molecular formula is C12H18NO3P. The third kappa shape index (κ3) is 3.70. The van der Waals surface area contributed by atoms with Crippen molar-refractivity contribution in [2.75, 3.05) is 19.5 Å². The van der Waals surface area contributed by atoms with Gasteiger partial charge in [-0.1, -0.05) is 30.4 Å². The van der Waals surface area contributed by atoms with E-state index >= 15 is 0 Å². The Bertz CT molecular complexity index is 397. The summed E-state index contributed by atoms with van der Waals surface area (Å²) in [6.07, 6.45) is 3.58. The average Bonchev–Trinajstić information content (AvgIpc) is 2.38. The summed E-state index contributed by atoms with van der Waals surface area (Å²) in [6, 6.07) is 9.51. The second-order valence-corrected chi connectivity index (χ2v) is 5.75. The molecule has 1 rings (SSSR count). The fourth-order valence-electron chi connectivity index (χ4n) is 1.42. The molecule has 5 heteroatoms. The van der Waals surface area contributed by atoms with Gasteiger partial charge in [0.15, 0.2) is 0 Å². The SMILES string of the molecule is C/C=C/C(Nc1ccccc1)P(=O)(OC)OC. The van der Waals surface area contributed by atoms with Crippen molar-refractivity contribution in [1.29, 1.82) is 0 Å². The van der Waals surface area contributed by atoms with E-state index in [2.05, 4.69) is 5.32 Å². The van der Waals surface area contributed by atoms with E-state index in [-0.39, 0.29) is 0 Å². The van der Waals surface area contributed by atoms with E-state index in [1.165, 1.54) is 14.2 Å². The number of allylic oxidation sites excluding steroid dienone is 1. The zero-order chi connectivity index (χ0) is 12.7. The molecule has 1 atom stereocenters. The van der Waals surface area contributed by atoms with Gasteiger partial charge < -0.3 is 14.4 Å². The van der Waals surface area contributed by atoms with Gasteiger partial charge >= 0.3 is 7.60 Å². The number of hydrogen-bond acceptors (Lipinski definition) is 4. The quantitative estimate of drug-likeness (QED) is 0.624. The molecule has 1 N–H and O–H groups in total. The van der Waals surface area contributed by atoms with Crippen LogP contribution in [0.5, 0.6) is 0 Å². The molecular weight excluding hydrogens is 237 g/mol. The zero-order valence-corrected chi connectivity index (χ0v) is 11.2. The van der Waals surface area contributed by atoms with Crippen LogP contribution in [0, 0.1) is 0 Å². The first-order valence-corrected chi connectivity index (χ1v) is 6.93. The third-order valence-corrected chi connectivity index (χ3v) is 4.31. The molecule has 0 bridgehead atoms. The van der Waals surface area contributed by atoms with E-state index in [1.807, 2.05) is 43.3 Å². The summed E-state index contributed by atoms with van der Waals surface area (Å²) in [7, 11) is -0.406. The van der Waals surface area contributed by atoms with Gasteiger partial charge in [0.2, 0.25) is 0 Å². The van der Waals surface area contributed by atoms with E-state index in [1.54, 1.807) is 6.08 Å². The van der Waals surface area contributed by atoms with Crippen molar-refractivity contribution in [2.24, 2.45) is 0 Å². The Labute approximate surface area is 102 Å². The van der Waals surface area contributed by atoms with Crippen molar-refractivity contribution in [1.82, 2.24) is 0 Å². The highest BCUT2D eigenvalue weighted by Gasteiger charge is 2.31. The van der Waals surface area contributed by atoms with Gasteiger partial charge in [0, 0.05) is 19.9 Å². The summed E-state index contributed by atoms with van der Waals surface area (Å²) in [5, 5.41) is 3.12. The predicted molar refractivity (Wildman–Crippen MR) is 70.3 cm³/mol. The Hall–Kier alpha value is -1.09. The van der Waals surface area contributed by atoms with Crippen LogP contribution >= 0.6 is 7.60 Å². The minimum Gasteiger partial charge on any atom is -0.368 e. The van der Waals surface area contributed by atoms with Crippen molar-refractivity contribution in [2.45, 2.75) is 12.7 Å². The van der Waals surface area contributed by atoms with Crippen LogP contribution in [0.4, 0.5) is 5.69 Å². The molecule has 0 fully saturated rings. The lowest BCUT2D eigenvalue weighted by Crippen LogP contribution is -2.19. The molecule has 1 aromatic carbocycles. The molecule has 0 amide bonds. The van der Waals surface area contributed by atoms with Gasteiger partial charge in [0.05, 0.1) is 0 Å². The van der Waals surface area contributed by atoms with Crippen molar-refractivity contribution in [3.05, 3.63) is 42.5 Å². The van der Waals surface area contributed by atoms with Crippen molar-refractivity contribution >= 4 is 13.3 Å². The average molecular weight is 255 g/mol. The normalized spacial score (nSPS) is 13.8. The molecule has 0 saturated heterocycles. The molecule has 0 aliphatic rings. The van der Waals surface area contributed by atoms with Gasteiger partial charge in [-0.25, -0.2) is 0 Å². The Morgan fingerprint density at radius 2 is 1.82 bits per heavy atom. The van der Waals surface area contributed by atoms with Gasteiger partial charge in [0.25, 0.3) is 0 Å². The molecule has 0 spiro atoms. The number of hydrogen-bond donors (Lipinski definition) is 1. The van der Waals surface area contributed by atoms with Gasteiger partial charge in [0.1, 0.15) is 5.78 Å². The highest BCUT2D eigenvalue weighted by Crippen LogP contribution is 2.52. The van der Waals surface area contributed by atoms with Crippen molar-refractivity contribution in [3.63, 3.8) is 0 Å². The molecule has 0 heterocycles. The summed E-state index contributed by atoms with van der Waals surface area (Å²) in [5.41, 5.74) is 0.866. The van der Waals surface area contributed by atoms with Gasteiger partial charge in [-0.2, -0.15) is 0 Å². The smallest absolute Gasteiger partial charge is 0.356 e. The predicted octanol–water partition coefficient (Wildman–Crippen LogP) is 3.49. The number of benzene rings is 1. The van der Waals surface area contributed by atoms with Crippen LogP contribution in [0.1, 0.15) is 6.92 Å². The largest absolute Gasteiger partial charge is 0.368 e. The Morgan fingerprint density at radius 3 is 2.29 bits per heavy atom. The van der Waals surface area contributed by atoms with Crippen molar-refractivity contribution < 1.29 is 13.6 Å².